The molecule has 84 valence electrons. The lowest BCUT2D eigenvalue weighted by atomic mass is 10.1. The molecule has 0 aliphatic rings. The van der Waals surface area contributed by atoms with E-state index >= 15 is 0 Å². The Bertz CT molecular complexity index is 308. The third kappa shape index (κ3) is 3.44. The summed E-state index contributed by atoms with van der Waals surface area (Å²) < 4.78 is 4.93. The molecule has 4 nitrogen and oxygen atoms in total. The van der Waals surface area contributed by atoms with Crippen molar-refractivity contribution < 1.29 is 14.9 Å². The fraction of sp³-hybridized carbons (Fsp3) is 0.500. The Kier molecular flexibility index (Phi) is 5.01. The summed E-state index contributed by atoms with van der Waals surface area (Å²) >= 11 is 3.20. The SMILES string of the molecule is COc1cccc(C(O)C(O)CCBr)n1. The molecule has 0 aliphatic carbocycles. The second-order valence-corrected chi connectivity index (χ2v) is 3.89. The number of hydrogen-bond acceptors (Lipinski definition) is 4. The van der Waals surface area contributed by atoms with Crippen molar-refractivity contribution in [3.8, 4) is 5.88 Å². The first kappa shape index (κ1) is 12.4. The third-order valence-corrected chi connectivity index (χ3v) is 2.48. The van der Waals surface area contributed by atoms with Crippen molar-refractivity contribution in [2.24, 2.45) is 0 Å². The summed E-state index contributed by atoms with van der Waals surface area (Å²) in [5.41, 5.74) is 0.419. The van der Waals surface area contributed by atoms with Crippen LogP contribution in [0, 0.1) is 0 Å². The van der Waals surface area contributed by atoms with Crippen molar-refractivity contribution >= 4 is 15.9 Å². The Hall–Kier alpha value is -0.650. The smallest absolute Gasteiger partial charge is 0.213 e. The van der Waals surface area contributed by atoms with Crippen LogP contribution in [0.1, 0.15) is 18.2 Å². The first-order valence-corrected chi connectivity index (χ1v) is 5.74. The number of rotatable bonds is 5. The minimum atomic E-state index is -0.974. The molecule has 0 radical (unpaired) electrons. The van der Waals surface area contributed by atoms with Gasteiger partial charge in [-0.3, -0.25) is 0 Å². The summed E-state index contributed by atoms with van der Waals surface area (Å²) in [7, 11) is 1.51. The zero-order valence-electron chi connectivity index (χ0n) is 8.43. The van der Waals surface area contributed by atoms with E-state index in [0.29, 0.717) is 23.3 Å². The van der Waals surface area contributed by atoms with Crippen molar-refractivity contribution in [3.63, 3.8) is 0 Å². The van der Waals surface area contributed by atoms with E-state index in [0.717, 1.165) is 0 Å². The Morgan fingerprint density at radius 3 is 2.80 bits per heavy atom. The van der Waals surface area contributed by atoms with Crippen LogP contribution in [0.25, 0.3) is 0 Å². The molecule has 1 rings (SSSR count). The van der Waals surface area contributed by atoms with Crippen LogP contribution in [0.4, 0.5) is 0 Å². The van der Waals surface area contributed by atoms with E-state index in [1.807, 2.05) is 0 Å². The van der Waals surface area contributed by atoms with Gasteiger partial charge in [-0.05, 0) is 12.5 Å². The molecule has 0 saturated heterocycles. The number of aliphatic hydroxyl groups excluding tert-OH is 2. The number of aromatic nitrogens is 1. The predicted molar refractivity (Wildman–Crippen MR) is 60.2 cm³/mol. The molecule has 2 atom stereocenters. The largest absolute Gasteiger partial charge is 0.481 e. The summed E-state index contributed by atoms with van der Waals surface area (Å²) in [4.78, 5) is 4.05. The molecule has 0 fully saturated rings. The van der Waals surface area contributed by atoms with Crippen LogP contribution < -0.4 is 4.74 Å². The average molecular weight is 276 g/mol. The number of hydrogen-bond donors (Lipinski definition) is 2. The zero-order valence-corrected chi connectivity index (χ0v) is 10.0. The van der Waals surface area contributed by atoms with E-state index < -0.39 is 12.2 Å². The van der Waals surface area contributed by atoms with Gasteiger partial charge in [0.1, 0.15) is 6.10 Å². The molecule has 0 aromatic carbocycles. The van der Waals surface area contributed by atoms with Crippen LogP contribution in [-0.2, 0) is 0 Å². The minimum absolute atomic E-state index is 0.419. The first-order chi connectivity index (χ1) is 7.19. The standard InChI is InChI=1S/C10H14BrNO3/c1-15-9-4-2-3-7(12-9)10(14)8(13)5-6-11/h2-4,8,10,13-14H,5-6H2,1H3. The van der Waals surface area contributed by atoms with Crippen molar-refractivity contribution in [1.82, 2.24) is 4.98 Å². The number of ether oxygens (including phenoxy) is 1. The van der Waals surface area contributed by atoms with Crippen LogP contribution in [0.2, 0.25) is 0 Å². The number of pyridine rings is 1. The highest BCUT2D eigenvalue weighted by molar-refractivity contribution is 9.09. The molecular formula is C10H14BrNO3. The van der Waals surface area contributed by atoms with Gasteiger partial charge in [0, 0.05) is 11.4 Å². The van der Waals surface area contributed by atoms with E-state index in [1.54, 1.807) is 18.2 Å². The van der Waals surface area contributed by atoms with E-state index in [9.17, 15) is 10.2 Å². The fourth-order valence-electron chi connectivity index (χ4n) is 1.18. The van der Waals surface area contributed by atoms with Crippen LogP contribution in [-0.4, -0.2) is 33.7 Å². The van der Waals surface area contributed by atoms with E-state index in [2.05, 4.69) is 20.9 Å². The molecule has 0 aliphatic heterocycles. The second-order valence-electron chi connectivity index (χ2n) is 3.09. The van der Waals surface area contributed by atoms with Gasteiger partial charge in [-0.15, -0.1) is 0 Å². The highest BCUT2D eigenvalue weighted by atomic mass is 79.9. The highest BCUT2D eigenvalue weighted by Gasteiger charge is 2.19. The lowest BCUT2D eigenvalue weighted by molar-refractivity contribution is 0.0145. The maximum absolute atomic E-state index is 9.75. The molecule has 5 heteroatoms. The van der Waals surface area contributed by atoms with Gasteiger partial charge in [0.2, 0.25) is 5.88 Å². The van der Waals surface area contributed by atoms with E-state index in [1.165, 1.54) is 7.11 Å². The number of nitrogens with zero attached hydrogens (tertiary/aromatic N) is 1. The normalized spacial score (nSPS) is 14.7. The van der Waals surface area contributed by atoms with Gasteiger partial charge >= 0.3 is 0 Å². The van der Waals surface area contributed by atoms with Crippen molar-refractivity contribution in [3.05, 3.63) is 23.9 Å². The van der Waals surface area contributed by atoms with Gasteiger partial charge in [0.25, 0.3) is 0 Å². The van der Waals surface area contributed by atoms with Gasteiger partial charge in [0.05, 0.1) is 18.9 Å². The average Bonchev–Trinajstić information content (AvgIpc) is 2.28. The molecule has 15 heavy (non-hydrogen) atoms. The van der Waals surface area contributed by atoms with Crippen molar-refractivity contribution in [2.75, 3.05) is 12.4 Å². The first-order valence-electron chi connectivity index (χ1n) is 4.62. The quantitative estimate of drug-likeness (QED) is 0.795. The molecule has 0 amide bonds. The fourth-order valence-corrected chi connectivity index (χ4v) is 1.65. The molecule has 2 N–H and O–H groups in total. The molecule has 1 aromatic heterocycles. The van der Waals surface area contributed by atoms with Gasteiger partial charge in [-0.1, -0.05) is 22.0 Å². The van der Waals surface area contributed by atoms with Gasteiger partial charge < -0.3 is 14.9 Å². The van der Waals surface area contributed by atoms with Gasteiger partial charge in [-0.2, -0.15) is 0 Å². The van der Waals surface area contributed by atoms with Crippen molar-refractivity contribution in [2.45, 2.75) is 18.6 Å². The Labute approximate surface area is 97.0 Å². The number of alkyl halides is 1. The summed E-state index contributed by atoms with van der Waals surface area (Å²) in [6.45, 7) is 0. The number of methoxy groups -OCH3 is 1. The van der Waals surface area contributed by atoms with Crippen LogP contribution >= 0.6 is 15.9 Å². The summed E-state index contributed by atoms with van der Waals surface area (Å²) in [5.74, 6) is 0.428. The topological polar surface area (TPSA) is 62.6 Å². The molecule has 2 unspecified atom stereocenters. The molecule has 0 spiro atoms. The maximum Gasteiger partial charge on any atom is 0.213 e. The monoisotopic (exact) mass is 275 g/mol. The lowest BCUT2D eigenvalue weighted by Crippen LogP contribution is -2.19. The number of aliphatic hydroxyl groups is 2. The number of halogens is 1. The Balaban J connectivity index is 2.76. The van der Waals surface area contributed by atoms with Crippen LogP contribution in [0.5, 0.6) is 5.88 Å². The molecule has 1 aromatic rings. The minimum Gasteiger partial charge on any atom is -0.481 e. The Morgan fingerprint density at radius 2 is 2.20 bits per heavy atom. The zero-order chi connectivity index (χ0) is 11.3. The second kappa shape index (κ2) is 6.05. The Morgan fingerprint density at radius 1 is 1.47 bits per heavy atom. The van der Waals surface area contributed by atoms with Crippen LogP contribution in [0.15, 0.2) is 18.2 Å². The summed E-state index contributed by atoms with van der Waals surface area (Å²) in [6, 6.07) is 5.07. The predicted octanol–water partition coefficient (Wildman–Crippen LogP) is 1.27. The molecular weight excluding hydrogens is 262 g/mol. The maximum atomic E-state index is 9.75. The van der Waals surface area contributed by atoms with E-state index in [-0.39, 0.29) is 0 Å². The lowest BCUT2D eigenvalue weighted by Gasteiger charge is -2.16. The molecule has 1 heterocycles. The third-order valence-electron chi connectivity index (χ3n) is 2.03. The summed E-state index contributed by atoms with van der Waals surface area (Å²) in [5, 5.41) is 20.0. The van der Waals surface area contributed by atoms with Crippen molar-refractivity contribution in [1.29, 1.82) is 0 Å². The van der Waals surface area contributed by atoms with E-state index in [4.69, 9.17) is 4.74 Å². The van der Waals surface area contributed by atoms with Gasteiger partial charge in [-0.25, -0.2) is 4.98 Å². The highest BCUT2D eigenvalue weighted by Crippen LogP contribution is 2.19. The van der Waals surface area contributed by atoms with Crippen LogP contribution in [0.3, 0.4) is 0 Å². The van der Waals surface area contributed by atoms with Gasteiger partial charge in [0.15, 0.2) is 0 Å². The summed E-state index contributed by atoms with van der Waals surface area (Å²) in [6.07, 6.45) is -1.32. The molecule has 0 saturated carbocycles. The molecule has 0 bridgehead atoms.